The predicted molar refractivity (Wildman–Crippen MR) is 90.9 cm³/mol. The molecular weight excluding hydrogens is 288 g/mol. The van der Waals surface area contributed by atoms with Crippen molar-refractivity contribution >= 4 is 17.2 Å². The summed E-state index contributed by atoms with van der Waals surface area (Å²) >= 11 is 0. The fourth-order valence-corrected chi connectivity index (χ4v) is 2.45. The van der Waals surface area contributed by atoms with Crippen LogP contribution in [-0.2, 0) is 5.41 Å². The average molecular weight is 308 g/mol. The van der Waals surface area contributed by atoms with Crippen molar-refractivity contribution in [2.45, 2.75) is 33.1 Å². The summed E-state index contributed by atoms with van der Waals surface area (Å²) < 4.78 is 1.96. The molecule has 0 aliphatic carbocycles. The molecule has 0 unspecified atom stereocenters. The second-order valence-electron chi connectivity index (χ2n) is 6.64. The van der Waals surface area contributed by atoms with Gasteiger partial charge in [-0.05, 0) is 30.7 Å². The molecule has 0 saturated heterocycles. The third kappa shape index (κ3) is 2.95. The smallest absolute Gasteiger partial charge is 0.183 e. The molecule has 118 valence electrons. The molecule has 5 nitrogen and oxygen atoms in total. The van der Waals surface area contributed by atoms with E-state index in [2.05, 4.69) is 31.0 Å². The number of aromatic hydroxyl groups is 1. The Labute approximate surface area is 135 Å². The number of imidazole rings is 1. The molecule has 3 aromatic rings. The van der Waals surface area contributed by atoms with E-state index in [1.807, 2.05) is 29.7 Å². The molecule has 0 aliphatic heterocycles. The number of phenolic OH excluding ortho intramolecular Hbond substituents is 1. The first kappa shape index (κ1) is 15.2. The number of hydrogen-bond donors (Lipinski definition) is 1. The number of hydrogen-bond acceptors (Lipinski definition) is 4. The van der Waals surface area contributed by atoms with Gasteiger partial charge in [-0.15, -0.1) is 10.2 Å². The van der Waals surface area contributed by atoms with E-state index in [0.29, 0.717) is 5.69 Å². The quantitative estimate of drug-likeness (QED) is 0.672. The highest BCUT2D eigenvalue weighted by molar-refractivity contribution is 5.58. The Morgan fingerprint density at radius 1 is 1.09 bits per heavy atom. The number of aryl methyl sites for hydroxylation is 1. The van der Waals surface area contributed by atoms with Gasteiger partial charge in [0.25, 0.3) is 0 Å². The second-order valence-corrected chi connectivity index (χ2v) is 6.64. The monoisotopic (exact) mass is 308 g/mol. The lowest BCUT2D eigenvalue weighted by atomic mass is 9.92. The first-order valence-electron chi connectivity index (χ1n) is 7.55. The SMILES string of the molecule is Cc1cccn2c(N=Nc3cccc(O)c3)c(C(C)(C)C)nc12. The molecule has 5 heteroatoms. The first-order valence-corrected chi connectivity index (χ1v) is 7.55. The van der Waals surface area contributed by atoms with E-state index in [1.165, 1.54) is 0 Å². The van der Waals surface area contributed by atoms with Gasteiger partial charge in [0.15, 0.2) is 5.82 Å². The number of aromatic nitrogens is 2. The van der Waals surface area contributed by atoms with Gasteiger partial charge < -0.3 is 5.11 Å². The van der Waals surface area contributed by atoms with Gasteiger partial charge in [-0.25, -0.2) is 4.98 Å². The van der Waals surface area contributed by atoms with Gasteiger partial charge in [-0.3, -0.25) is 4.40 Å². The number of azo groups is 1. The third-order valence-corrected chi connectivity index (χ3v) is 3.62. The van der Waals surface area contributed by atoms with E-state index in [-0.39, 0.29) is 11.2 Å². The largest absolute Gasteiger partial charge is 0.508 e. The summed E-state index contributed by atoms with van der Waals surface area (Å²) in [4.78, 5) is 4.77. The van der Waals surface area contributed by atoms with Gasteiger partial charge >= 0.3 is 0 Å². The van der Waals surface area contributed by atoms with Crippen LogP contribution in [0.3, 0.4) is 0 Å². The topological polar surface area (TPSA) is 62.2 Å². The molecule has 0 fully saturated rings. The van der Waals surface area contributed by atoms with Crippen LogP contribution in [0.25, 0.3) is 5.65 Å². The second kappa shape index (κ2) is 5.50. The zero-order chi connectivity index (χ0) is 16.6. The minimum atomic E-state index is -0.147. The van der Waals surface area contributed by atoms with Gasteiger partial charge in [-0.2, -0.15) is 0 Å². The average Bonchev–Trinajstić information content (AvgIpc) is 2.85. The van der Waals surface area contributed by atoms with E-state index in [0.717, 1.165) is 22.7 Å². The van der Waals surface area contributed by atoms with Crippen LogP contribution in [0.5, 0.6) is 5.75 Å². The van der Waals surface area contributed by atoms with Gasteiger partial charge in [0.05, 0.1) is 11.4 Å². The van der Waals surface area contributed by atoms with Gasteiger partial charge in [0.1, 0.15) is 11.4 Å². The van der Waals surface area contributed by atoms with Crippen LogP contribution in [0, 0.1) is 6.92 Å². The van der Waals surface area contributed by atoms with Crippen LogP contribution in [0.2, 0.25) is 0 Å². The van der Waals surface area contributed by atoms with Gasteiger partial charge in [-0.1, -0.05) is 32.9 Å². The predicted octanol–water partition coefficient (Wildman–Crippen LogP) is 5.06. The Hall–Kier alpha value is -2.69. The van der Waals surface area contributed by atoms with Crippen molar-refractivity contribution in [1.29, 1.82) is 0 Å². The summed E-state index contributed by atoms with van der Waals surface area (Å²) in [5, 5.41) is 18.2. The number of phenols is 1. The maximum absolute atomic E-state index is 9.54. The minimum absolute atomic E-state index is 0.147. The van der Waals surface area contributed by atoms with Crippen molar-refractivity contribution in [3.05, 3.63) is 53.9 Å². The fraction of sp³-hybridized carbons (Fsp3) is 0.278. The number of pyridine rings is 1. The zero-order valence-electron chi connectivity index (χ0n) is 13.8. The lowest BCUT2D eigenvalue weighted by molar-refractivity contribution is 0.475. The van der Waals surface area contributed by atoms with Gasteiger partial charge in [0.2, 0.25) is 0 Å². The highest BCUT2D eigenvalue weighted by atomic mass is 16.3. The van der Waals surface area contributed by atoms with Crippen molar-refractivity contribution in [2.24, 2.45) is 10.2 Å². The molecule has 0 radical (unpaired) electrons. The van der Waals surface area contributed by atoms with Crippen LogP contribution >= 0.6 is 0 Å². The molecule has 0 spiro atoms. The molecule has 23 heavy (non-hydrogen) atoms. The molecule has 2 heterocycles. The summed E-state index contributed by atoms with van der Waals surface area (Å²) in [6.45, 7) is 8.36. The van der Waals surface area contributed by atoms with Crippen LogP contribution in [0.1, 0.15) is 32.0 Å². The summed E-state index contributed by atoms with van der Waals surface area (Å²) in [6, 6.07) is 10.7. The van der Waals surface area contributed by atoms with Crippen LogP contribution in [0.15, 0.2) is 52.8 Å². The van der Waals surface area contributed by atoms with E-state index in [1.54, 1.807) is 24.3 Å². The van der Waals surface area contributed by atoms with Crippen molar-refractivity contribution in [2.75, 3.05) is 0 Å². The van der Waals surface area contributed by atoms with Crippen molar-refractivity contribution < 1.29 is 5.11 Å². The summed E-state index contributed by atoms with van der Waals surface area (Å²) in [5.74, 6) is 0.894. The number of benzene rings is 1. The molecule has 3 rings (SSSR count). The standard InChI is InChI=1S/C18H20N4O/c1-12-7-6-10-22-16(12)19-15(18(2,3)4)17(22)21-20-13-8-5-9-14(23)11-13/h5-11,23H,1-4H3. The third-order valence-electron chi connectivity index (χ3n) is 3.62. The maximum atomic E-state index is 9.54. The van der Waals surface area contributed by atoms with Crippen LogP contribution < -0.4 is 0 Å². The Bertz CT molecular complexity index is 888. The fourth-order valence-electron chi connectivity index (χ4n) is 2.45. The molecule has 0 saturated carbocycles. The lowest BCUT2D eigenvalue weighted by Crippen LogP contribution is -2.11. The number of rotatable bonds is 2. The van der Waals surface area contributed by atoms with E-state index >= 15 is 0 Å². The summed E-state index contributed by atoms with van der Waals surface area (Å²) in [6.07, 6.45) is 1.95. The Morgan fingerprint density at radius 3 is 2.57 bits per heavy atom. The summed E-state index contributed by atoms with van der Waals surface area (Å²) in [7, 11) is 0. The molecule has 0 aliphatic rings. The normalized spacial score (nSPS) is 12.3. The van der Waals surface area contributed by atoms with E-state index < -0.39 is 0 Å². The summed E-state index contributed by atoms with van der Waals surface area (Å²) in [5.41, 5.74) is 3.34. The Morgan fingerprint density at radius 2 is 1.87 bits per heavy atom. The van der Waals surface area contributed by atoms with Crippen LogP contribution in [-0.4, -0.2) is 14.5 Å². The Kier molecular flexibility index (Phi) is 3.64. The lowest BCUT2D eigenvalue weighted by Gasteiger charge is -2.15. The molecule has 0 amide bonds. The molecular formula is C18H20N4O. The van der Waals surface area contributed by atoms with Crippen molar-refractivity contribution in [3.63, 3.8) is 0 Å². The molecule has 0 bridgehead atoms. The molecule has 2 aromatic heterocycles. The number of fused-ring (bicyclic) bond motifs is 1. The zero-order valence-corrected chi connectivity index (χ0v) is 13.8. The van der Waals surface area contributed by atoms with E-state index in [9.17, 15) is 5.11 Å². The first-order chi connectivity index (χ1) is 10.9. The highest BCUT2D eigenvalue weighted by Crippen LogP contribution is 2.34. The van der Waals surface area contributed by atoms with Crippen molar-refractivity contribution in [3.8, 4) is 5.75 Å². The van der Waals surface area contributed by atoms with Crippen LogP contribution in [0.4, 0.5) is 11.5 Å². The molecule has 1 N–H and O–H groups in total. The molecule has 0 atom stereocenters. The van der Waals surface area contributed by atoms with Crippen molar-refractivity contribution in [1.82, 2.24) is 9.38 Å². The van der Waals surface area contributed by atoms with E-state index in [4.69, 9.17) is 4.98 Å². The minimum Gasteiger partial charge on any atom is -0.508 e. The van der Waals surface area contributed by atoms with Gasteiger partial charge in [0, 0.05) is 17.7 Å². The highest BCUT2D eigenvalue weighted by Gasteiger charge is 2.24. The Balaban J connectivity index is 2.17. The maximum Gasteiger partial charge on any atom is 0.183 e. The molecule has 1 aromatic carbocycles. The number of nitrogens with zero attached hydrogens (tertiary/aromatic N) is 4.